The molecule has 2 N–H and O–H groups in total. The zero-order valence-corrected chi connectivity index (χ0v) is 12.4. The SMILES string of the molecule is CCN(Cc1ccco1)C1(CN)CCCC(C)CC1. The van der Waals surface area contributed by atoms with E-state index < -0.39 is 0 Å². The van der Waals surface area contributed by atoms with Crippen molar-refractivity contribution in [2.75, 3.05) is 13.1 Å². The maximum absolute atomic E-state index is 6.19. The molecule has 1 aliphatic rings. The fourth-order valence-corrected chi connectivity index (χ4v) is 3.42. The van der Waals surface area contributed by atoms with Gasteiger partial charge in [0.25, 0.3) is 0 Å². The third-order valence-electron chi connectivity index (χ3n) is 4.80. The quantitative estimate of drug-likeness (QED) is 0.829. The van der Waals surface area contributed by atoms with Crippen LogP contribution >= 0.6 is 0 Å². The lowest BCUT2D eigenvalue weighted by Gasteiger charge is -2.42. The number of rotatable bonds is 5. The molecule has 3 nitrogen and oxygen atoms in total. The second-order valence-electron chi connectivity index (χ2n) is 6.06. The molecule has 0 spiro atoms. The van der Waals surface area contributed by atoms with Crippen LogP contribution in [0.2, 0.25) is 0 Å². The molecule has 2 rings (SSSR count). The van der Waals surface area contributed by atoms with E-state index in [9.17, 15) is 0 Å². The molecule has 2 atom stereocenters. The van der Waals surface area contributed by atoms with Crippen LogP contribution in [0.1, 0.15) is 51.7 Å². The Labute approximate surface area is 117 Å². The van der Waals surface area contributed by atoms with Crippen molar-refractivity contribution in [2.24, 2.45) is 11.7 Å². The summed E-state index contributed by atoms with van der Waals surface area (Å²) in [6.07, 6.45) is 8.15. The Bertz CT molecular complexity index is 363. The van der Waals surface area contributed by atoms with Gasteiger partial charge in [0.1, 0.15) is 5.76 Å². The molecule has 1 aromatic rings. The van der Waals surface area contributed by atoms with Crippen molar-refractivity contribution in [3.8, 4) is 0 Å². The van der Waals surface area contributed by atoms with Crippen molar-refractivity contribution >= 4 is 0 Å². The van der Waals surface area contributed by atoms with Gasteiger partial charge in [-0.15, -0.1) is 0 Å². The average molecular weight is 264 g/mol. The van der Waals surface area contributed by atoms with Crippen LogP contribution in [0, 0.1) is 5.92 Å². The Morgan fingerprint density at radius 3 is 2.89 bits per heavy atom. The smallest absolute Gasteiger partial charge is 0.117 e. The van der Waals surface area contributed by atoms with Gasteiger partial charge in [-0.2, -0.15) is 0 Å². The highest BCUT2D eigenvalue weighted by atomic mass is 16.3. The molecule has 0 bridgehead atoms. The van der Waals surface area contributed by atoms with E-state index in [-0.39, 0.29) is 5.54 Å². The largest absolute Gasteiger partial charge is 0.468 e. The van der Waals surface area contributed by atoms with E-state index in [0.717, 1.165) is 31.3 Å². The van der Waals surface area contributed by atoms with Gasteiger partial charge in [0.15, 0.2) is 0 Å². The van der Waals surface area contributed by atoms with Crippen LogP contribution in [-0.2, 0) is 6.54 Å². The molecule has 1 aliphatic carbocycles. The van der Waals surface area contributed by atoms with Crippen molar-refractivity contribution in [1.29, 1.82) is 0 Å². The molecule has 108 valence electrons. The topological polar surface area (TPSA) is 42.4 Å². The van der Waals surface area contributed by atoms with E-state index >= 15 is 0 Å². The Morgan fingerprint density at radius 1 is 1.42 bits per heavy atom. The van der Waals surface area contributed by atoms with Gasteiger partial charge in [0, 0.05) is 12.1 Å². The van der Waals surface area contributed by atoms with E-state index in [2.05, 4.69) is 24.8 Å². The monoisotopic (exact) mass is 264 g/mol. The third-order valence-corrected chi connectivity index (χ3v) is 4.80. The summed E-state index contributed by atoms with van der Waals surface area (Å²) in [5, 5.41) is 0. The van der Waals surface area contributed by atoms with Gasteiger partial charge in [-0.1, -0.05) is 26.7 Å². The molecule has 0 saturated heterocycles. The zero-order chi connectivity index (χ0) is 13.7. The first kappa shape index (κ1) is 14.6. The normalized spacial score (nSPS) is 28.5. The van der Waals surface area contributed by atoms with E-state index in [1.54, 1.807) is 6.26 Å². The minimum atomic E-state index is 0.173. The van der Waals surface area contributed by atoms with Crippen molar-refractivity contribution < 1.29 is 4.42 Å². The number of nitrogens with two attached hydrogens (primary N) is 1. The summed E-state index contributed by atoms with van der Waals surface area (Å²) in [6, 6.07) is 4.03. The molecule has 19 heavy (non-hydrogen) atoms. The van der Waals surface area contributed by atoms with Crippen molar-refractivity contribution in [2.45, 2.75) is 58.0 Å². The number of hydrogen-bond acceptors (Lipinski definition) is 3. The molecular formula is C16H28N2O. The fourth-order valence-electron chi connectivity index (χ4n) is 3.42. The van der Waals surface area contributed by atoms with E-state index in [1.807, 2.05) is 6.07 Å². The molecule has 1 saturated carbocycles. The van der Waals surface area contributed by atoms with E-state index in [0.29, 0.717) is 0 Å². The van der Waals surface area contributed by atoms with Gasteiger partial charge >= 0.3 is 0 Å². The van der Waals surface area contributed by atoms with Gasteiger partial charge in [-0.05, 0) is 43.9 Å². The first-order valence-electron chi connectivity index (χ1n) is 7.67. The van der Waals surface area contributed by atoms with Crippen LogP contribution in [0.3, 0.4) is 0 Å². The van der Waals surface area contributed by atoms with Gasteiger partial charge < -0.3 is 10.2 Å². The lowest BCUT2D eigenvalue weighted by molar-refractivity contribution is 0.0679. The summed E-state index contributed by atoms with van der Waals surface area (Å²) in [5.74, 6) is 1.89. The van der Waals surface area contributed by atoms with E-state index in [1.165, 1.54) is 32.1 Å². The third kappa shape index (κ3) is 3.40. The van der Waals surface area contributed by atoms with Crippen LogP contribution in [0.15, 0.2) is 22.8 Å². The maximum Gasteiger partial charge on any atom is 0.117 e. The van der Waals surface area contributed by atoms with Gasteiger partial charge in [-0.25, -0.2) is 0 Å². The molecule has 1 fully saturated rings. The number of hydrogen-bond donors (Lipinski definition) is 1. The Kier molecular flexibility index (Phi) is 5.06. The Balaban J connectivity index is 2.12. The molecule has 3 heteroatoms. The molecule has 0 radical (unpaired) electrons. The number of furan rings is 1. The van der Waals surface area contributed by atoms with Crippen molar-refractivity contribution in [3.63, 3.8) is 0 Å². The molecule has 0 amide bonds. The second kappa shape index (κ2) is 6.58. The van der Waals surface area contributed by atoms with Crippen LogP contribution in [0.4, 0.5) is 0 Å². The average Bonchev–Trinajstić information content (AvgIpc) is 2.86. The van der Waals surface area contributed by atoms with Crippen LogP contribution in [-0.4, -0.2) is 23.5 Å². The summed E-state index contributed by atoms with van der Waals surface area (Å²) in [6.45, 7) is 7.28. The minimum absolute atomic E-state index is 0.173. The highest BCUT2D eigenvalue weighted by Gasteiger charge is 2.36. The van der Waals surface area contributed by atoms with Gasteiger partial charge in [0.2, 0.25) is 0 Å². The first-order valence-corrected chi connectivity index (χ1v) is 7.67. The maximum atomic E-state index is 6.19. The van der Waals surface area contributed by atoms with Crippen LogP contribution in [0.25, 0.3) is 0 Å². The molecular weight excluding hydrogens is 236 g/mol. The summed E-state index contributed by atoms with van der Waals surface area (Å²) in [7, 11) is 0. The predicted molar refractivity (Wildman–Crippen MR) is 78.8 cm³/mol. The van der Waals surface area contributed by atoms with Gasteiger partial charge in [-0.3, -0.25) is 4.90 Å². The summed E-state index contributed by atoms with van der Waals surface area (Å²) in [4.78, 5) is 2.53. The Hall–Kier alpha value is -0.800. The molecule has 0 aromatic carbocycles. The second-order valence-corrected chi connectivity index (χ2v) is 6.06. The minimum Gasteiger partial charge on any atom is -0.468 e. The van der Waals surface area contributed by atoms with Crippen LogP contribution < -0.4 is 5.73 Å². The molecule has 1 aromatic heterocycles. The predicted octanol–water partition coefficient (Wildman–Crippen LogP) is 3.40. The number of nitrogens with zero attached hydrogens (tertiary/aromatic N) is 1. The first-order chi connectivity index (χ1) is 9.20. The number of likely N-dealkylation sites (N-methyl/N-ethyl adjacent to an activating group) is 1. The van der Waals surface area contributed by atoms with Crippen molar-refractivity contribution in [1.82, 2.24) is 4.90 Å². The summed E-state index contributed by atoms with van der Waals surface area (Å²) < 4.78 is 5.52. The zero-order valence-electron chi connectivity index (χ0n) is 12.4. The molecule has 2 unspecified atom stereocenters. The molecule has 0 aliphatic heterocycles. The standard InChI is InChI=1S/C16H28N2O/c1-3-18(12-15-7-5-11-19-15)16(13-17)9-4-6-14(2)8-10-16/h5,7,11,14H,3-4,6,8-10,12-13,17H2,1-2H3. The van der Waals surface area contributed by atoms with Crippen LogP contribution in [0.5, 0.6) is 0 Å². The molecule has 1 heterocycles. The Morgan fingerprint density at radius 2 is 2.26 bits per heavy atom. The van der Waals surface area contributed by atoms with Crippen molar-refractivity contribution in [3.05, 3.63) is 24.2 Å². The van der Waals surface area contributed by atoms with E-state index in [4.69, 9.17) is 10.2 Å². The fraction of sp³-hybridized carbons (Fsp3) is 0.750. The lowest BCUT2D eigenvalue weighted by atomic mass is 9.87. The summed E-state index contributed by atoms with van der Waals surface area (Å²) in [5.41, 5.74) is 6.36. The highest BCUT2D eigenvalue weighted by Crippen LogP contribution is 2.35. The van der Waals surface area contributed by atoms with Gasteiger partial charge in [0.05, 0.1) is 12.8 Å². The highest BCUT2D eigenvalue weighted by molar-refractivity contribution is 5.01. The summed E-state index contributed by atoms with van der Waals surface area (Å²) >= 11 is 0. The lowest BCUT2D eigenvalue weighted by Crippen LogP contribution is -2.53.